The summed E-state index contributed by atoms with van der Waals surface area (Å²) >= 11 is 0. The van der Waals surface area contributed by atoms with Gasteiger partial charge >= 0.3 is 0 Å². The molecular weight excluding hydrogens is 170 g/mol. The van der Waals surface area contributed by atoms with Crippen LogP contribution in [-0.4, -0.2) is 22.1 Å². The second kappa shape index (κ2) is 2.48. The standard InChI is InChI=1S/C9H15NO3/c1-8(2)6(11)5(10)7(12)9(3,4)13-8/h11H,10H2,1-4H3. The van der Waals surface area contributed by atoms with Crippen molar-refractivity contribution >= 4 is 5.78 Å². The van der Waals surface area contributed by atoms with Gasteiger partial charge in [-0.05, 0) is 27.7 Å². The van der Waals surface area contributed by atoms with Crippen LogP contribution in [0.5, 0.6) is 0 Å². The van der Waals surface area contributed by atoms with Crippen LogP contribution < -0.4 is 5.73 Å². The lowest BCUT2D eigenvalue weighted by molar-refractivity contribution is -0.162. The molecule has 1 aliphatic rings. The van der Waals surface area contributed by atoms with Crippen molar-refractivity contribution in [3.05, 3.63) is 11.5 Å². The summed E-state index contributed by atoms with van der Waals surface area (Å²) in [4.78, 5) is 11.5. The summed E-state index contributed by atoms with van der Waals surface area (Å²) in [6.45, 7) is 6.61. The van der Waals surface area contributed by atoms with E-state index in [9.17, 15) is 9.90 Å². The number of hydrogen-bond donors (Lipinski definition) is 2. The summed E-state index contributed by atoms with van der Waals surface area (Å²) < 4.78 is 5.42. The van der Waals surface area contributed by atoms with Crippen LogP contribution in [0, 0.1) is 0 Å². The van der Waals surface area contributed by atoms with Crippen molar-refractivity contribution in [3.8, 4) is 0 Å². The minimum absolute atomic E-state index is 0.0961. The maximum Gasteiger partial charge on any atom is 0.213 e. The second-order valence-corrected chi connectivity index (χ2v) is 4.21. The number of aliphatic hydroxyl groups is 1. The molecule has 74 valence electrons. The van der Waals surface area contributed by atoms with E-state index in [1.54, 1.807) is 27.7 Å². The fourth-order valence-corrected chi connectivity index (χ4v) is 1.49. The topological polar surface area (TPSA) is 72.6 Å². The number of carbonyl (C=O) groups is 1. The first-order valence-electron chi connectivity index (χ1n) is 4.12. The van der Waals surface area contributed by atoms with Gasteiger partial charge in [0.05, 0.1) is 0 Å². The zero-order valence-corrected chi connectivity index (χ0v) is 8.34. The molecule has 4 heteroatoms. The van der Waals surface area contributed by atoms with E-state index < -0.39 is 11.2 Å². The molecule has 4 nitrogen and oxygen atoms in total. The van der Waals surface area contributed by atoms with Gasteiger partial charge in [0, 0.05) is 0 Å². The summed E-state index contributed by atoms with van der Waals surface area (Å²) in [5.74, 6) is -0.554. The molecule has 13 heavy (non-hydrogen) atoms. The number of ether oxygens (including phenoxy) is 1. The van der Waals surface area contributed by atoms with Crippen LogP contribution in [0.3, 0.4) is 0 Å². The fraction of sp³-hybridized carbons (Fsp3) is 0.667. The van der Waals surface area contributed by atoms with Gasteiger partial charge < -0.3 is 15.6 Å². The lowest BCUT2D eigenvalue weighted by atomic mass is 9.90. The van der Waals surface area contributed by atoms with Gasteiger partial charge in [-0.3, -0.25) is 4.79 Å². The fourth-order valence-electron chi connectivity index (χ4n) is 1.49. The predicted molar refractivity (Wildman–Crippen MR) is 48.1 cm³/mol. The minimum Gasteiger partial charge on any atom is -0.507 e. The van der Waals surface area contributed by atoms with Crippen molar-refractivity contribution < 1.29 is 14.6 Å². The Morgan fingerprint density at radius 1 is 1.23 bits per heavy atom. The van der Waals surface area contributed by atoms with Crippen LogP contribution in [0.25, 0.3) is 0 Å². The Morgan fingerprint density at radius 2 is 1.69 bits per heavy atom. The Balaban J connectivity index is 3.25. The smallest absolute Gasteiger partial charge is 0.213 e. The minimum atomic E-state index is -0.959. The zero-order valence-electron chi connectivity index (χ0n) is 8.34. The molecule has 0 amide bonds. The SMILES string of the molecule is CC1(C)OC(C)(C)C(O)=C(N)C1=O. The van der Waals surface area contributed by atoms with Crippen molar-refractivity contribution in [2.75, 3.05) is 0 Å². The van der Waals surface area contributed by atoms with E-state index >= 15 is 0 Å². The van der Waals surface area contributed by atoms with Gasteiger partial charge in [0.25, 0.3) is 0 Å². The van der Waals surface area contributed by atoms with Crippen LogP contribution in [0.2, 0.25) is 0 Å². The third kappa shape index (κ3) is 1.42. The second-order valence-electron chi connectivity index (χ2n) is 4.21. The Morgan fingerprint density at radius 3 is 2.15 bits per heavy atom. The number of aliphatic hydroxyl groups excluding tert-OH is 1. The molecule has 0 atom stereocenters. The van der Waals surface area contributed by atoms with Crippen molar-refractivity contribution in [3.63, 3.8) is 0 Å². The van der Waals surface area contributed by atoms with Gasteiger partial charge in [-0.1, -0.05) is 0 Å². The Kier molecular flexibility index (Phi) is 1.92. The molecule has 0 unspecified atom stereocenters. The average Bonchev–Trinajstić information content (AvgIpc) is 1.96. The Hall–Kier alpha value is -1.03. The first-order chi connectivity index (χ1) is 5.68. The van der Waals surface area contributed by atoms with Crippen LogP contribution in [-0.2, 0) is 9.53 Å². The maximum absolute atomic E-state index is 11.5. The van der Waals surface area contributed by atoms with E-state index in [0.717, 1.165) is 0 Å². The van der Waals surface area contributed by atoms with E-state index in [2.05, 4.69) is 0 Å². The van der Waals surface area contributed by atoms with Crippen molar-refractivity contribution in [1.29, 1.82) is 0 Å². The van der Waals surface area contributed by atoms with Gasteiger partial charge in [-0.15, -0.1) is 0 Å². The first kappa shape index (κ1) is 10.1. The molecular formula is C9H15NO3. The highest BCUT2D eigenvalue weighted by molar-refractivity contribution is 6.01. The predicted octanol–water partition coefficient (Wildman–Crippen LogP) is 0.871. The molecule has 1 rings (SSSR count). The maximum atomic E-state index is 11.5. The molecule has 0 bridgehead atoms. The van der Waals surface area contributed by atoms with Crippen molar-refractivity contribution in [1.82, 2.24) is 0 Å². The van der Waals surface area contributed by atoms with E-state index in [0.29, 0.717) is 0 Å². The Bertz CT molecular complexity index is 289. The van der Waals surface area contributed by atoms with Crippen LogP contribution in [0.15, 0.2) is 11.5 Å². The van der Waals surface area contributed by atoms with E-state index in [1.165, 1.54) is 0 Å². The molecule has 1 heterocycles. The van der Waals surface area contributed by atoms with Crippen LogP contribution >= 0.6 is 0 Å². The highest BCUT2D eigenvalue weighted by Crippen LogP contribution is 2.33. The molecule has 0 aliphatic carbocycles. The summed E-state index contributed by atoms with van der Waals surface area (Å²) in [7, 11) is 0. The third-order valence-corrected chi connectivity index (χ3v) is 2.13. The van der Waals surface area contributed by atoms with Gasteiger partial charge in [0.2, 0.25) is 5.78 Å². The molecule has 0 fully saturated rings. The summed E-state index contributed by atoms with van der Waals surface area (Å²) in [6, 6.07) is 0. The van der Waals surface area contributed by atoms with E-state index in [1.807, 2.05) is 0 Å². The number of ketones is 1. The molecule has 0 spiro atoms. The largest absolute Gasteiger partial charge is 0.507 e. The number of rotatable bonds is 0. The number of hydrogen-bond acceptors (Lipinski definition) is 4. The molecule has 0 saturated carbocycles. The third-order valence-electron chi connectivity index (χ3n) is 2.13. The molecule has 0 aromatic carbocycles. The van der Waals surface area contributed by atoms with Crippen molar-refractivity contribution in [2.45, 2.75) is 38.9 Å². The number of carbonyl (C=O) groups excluding carboxylic acids is 1. The first-order valence-corrected chi connectivity index (χ1v) is 4.12. The molecule has 1 aliphatic heterocycles. The van der Waals surface area contributed by atoms with Gasteiger partial charge in [0.1, 0.15) is 16.9 Å². The molecule has 0 aromatic rings. The monoisotopic (exact) mass is 185 g/mol. The van der Waals surface area contributed by atoms with Gasteiger partial charge in [-0.25, -0.2) is 0 Å². The van der Waals surface area contributed by atoms with E-state index in [-0.39, 0.29) is 17.2 Å². The number of nitrogens with two attached hydrogens (primary N) is 1. The van der Waals surface area contributed by atoms with Gasteiger partial charge in [0.15, 0.2) is 5.76 Å². The average molecular weight is 185 g/mol. The molecule has 3 N–H and O–H groups in total. The molecule has 0 radical (unpaired) electrons. The normalized spacial score (nSPS) is 26.3. The van der Waals surface area contributed by atoms with E-state index in [4.69, 9.17) is 10.5 Å². The summed E-state index contributed by atoms with van der Waals surface area (Å²) in [6.07, 6.45) is 0. The quantitative estimate of drug-likeness (QED) is 0.587. The lowest BCUT2D eigenvalue weighted by Gasteiger charge is -2.39. The zero-order chi connectivity index (χ0) is 10.4. The summed E-state index contributed by atoms with van der Waals surface area (Å²) in [5.41, 5.74) is 3.53. The lowest BCUT2D eigenvalue weighted by Crippen LogP contribution is -2.51. The summed E-state index contributed by atoms with van der Waals surface area (Å²) in [5, 5.41) is 9.52. The molecule has 0 aromatic heterocycles. The highest BCUT2D eigenvalue weighted by Gasteiger charge is 2.45. The Labute approximate surface area is 77.4 Å². The van der Waals surface area contributed by atoms with Crippen LogP contribution in [0.1, 0.15) is 27.7 Å². The van der Waals surface area contributed by atoms with Crippen LogP contribution in [0.4, 0.5) is 0 Å². The number of Topliss-reactive ketones (excluding diaryl/α,β-unsaturated/α-hetero) is 1. The van der Waals surface area contributed by atoms with Gasteiger partial charge in [-0.2, -0.15) is 0 Å². The highest BCUT2D eigenvalue weighted by atomic mass is 16.5. The van der Waals surface area contributed by atoms with Crippen molar-refractivity contribution in [2.24, 2.45) is 5.73 Å². The molecule has 0 saturated heterocycles.